The van der Waals surface area contributed by atoms with Gasteiger partial charge in [0.05, 0.1) is 17.2 Å². The molecule has 0 unspecified atom stereocenters. The van der Waals surface area contributed by atoms with Crippen LogP contribution in [0.2, 0.25) is 5.02 Å². The topological polar surface area (TPSA) is 67.4 Å². The number of benzene rings is 3. The maximum absolute atomic E-state index is 13.3. The molecule has 0 aliphatic carbocycles. The summed E-state index contributed by atoms with van der Waals surface area (Å²) in [6, 6.07) is 17.4. The number of ether oxygens (including phenoxy) is 1. The molecule has 0 radical (unpaired) electrons. The lowest BCUT2D eigenvalue weighted by atomic mass is 10.1. The van der Waals surface area contributed by atoms with Crippen molar-refractivity contribution in [3.05, 3.63) is 88.7 Å². The minimum atomic E-state index is -0.567. The summed E-state index contributed by atoms with van der Waals surface area (Å²) in [5, 5.41) is 5.34. The van der Waals surface area contributed by atoms with Crippen molar-refractivity contribution in [1.82, 2.24) is 0 Å². The van der Waals surface area contributed by atoms with Crippen molar-refractivity contribution in [3.63, 3.8) is 0 Å². The maximum Gasteiger partial charge on any atom is 0.259 e. The Morgan fingerprint density at radius 1 is 0.933 bits per heavy atom. The molecular weight excluding hydrogens is 407 g/mol. The Morgan fingerprint density at radius 3 is 2.43 bits per heavy atom. The quantitative estimate of drug-likeness (QED) is 0.503. The molecule has 0 aliphatic rings. The predicted molar refractivity (Wildman–Crippen MR) is 116 cm³/mol. The van der Waals surface area contributed by atoms with E-state index in [-0.39, 0.29) is 10.9 Å². The Hall–Kier alpha value is -3.38. The number of halogens is 2. The summed E-state index contributed by atoms with van der Waals surface area (Å²) >= 11 is 5.74. The Morgan fingerprint density at radius 2 is 1.67 bits per heavy atom. The van der Waals surface area contributed by atoms with Gasteiger partial charge in [-0.1, -0.05) is 36.7 Å². The number of anilines is 2. The van der Waals surface area contributed by atoms with Gasteiger partial charge in [0.1, 0.15) is 11.6 Å². The molecule has 154 valence electrons. The second kappa shape index (κ2) is 9.89. The standard InChI is InChI=1S/C23H20ClFN2O3/c1-2-12-30-21-9-4-3-8-18(21)23(29)27-16-7-5-6-15(13-16)22(28)26-17-10-11-20(25)19(24)14-17/h3-11,13-14H,2,12H2,1H3,(H,26,28)(H,27,29). The lowest BCUT2D eigenvalue weighted by Crippen LogP contribution is -2.15. The van der Waals surface area contributed by atoms with Gasteiger partial charge in [-0.15, -0.1) is 0 Å². The van der Waals surface area contributed by atoms with Crippen molar-refractivity contribution in [1.29, 1.82) is 0 Å². The van der Waals surface area contributed by atoms with E-state index in [1.807, 2.05) is 6.92 Å². The third kappa shape index (κ3) is 5.36. The monoisotopic (exact) mass is 426 g/mol. The van der Waals surface area contributed by atoms with E-state index in [2.05, 4.69) is 10.6 Å². The molecule has 0 bridgehead atoms. The van der Waals surface area contributed by atoms with Gasteiger partial charge in [-0.2, -0.15) is 0 Å². The number of hydrogen-bond donors (Lipinski definition) is 2. The molecule has 2 amide bonds. The van der Waals surface area contributed by atoms with E-state index < -0.39 is 11.7 Å². The first-order valence-corrected chi connectivity index (χ1v) is 9.75. The van der Waals surface area contributed by atoms with E-state index in [1.165, 1.54) is 18.2 Å². The molecule has 0 saturated carbocycles. The lowest BCUT2D eigenvalue weighted by molar-refractivity contribution is 0.101. The summed E-state index contributed by atoms with van der Waals surface area (Å²) in [6.45, 7) is 2.49. The van der Waals surface area contributed by atoms with Crippen LogP contribution in [0.3, 0.4) is 0 Å². The summed E-state index contributed by atoms with van der Waals surface area (Å²) in [5.41, 5.74) is 1.54. The fourth-order valence-electron chi connectivity index (χ4n) is 2.71. The summed E-state index contributed by atoms with van der Waals surface area (Å²) in [5.74, 6) is -0.827. The molecule has 3 aromatic carbocycles. The summed E-state index contributed by atoms with van der Waals surface area (Å²) in [6.07, 6.45) is 0.826. The number of para-hydroxylation sites is 1. The number of carbonyl (C=O) groups is 2. The highest BCUT2D eigenvalue weighted by Crippen LogP contribution is 2.22. The third-order valence-corrected chi connectivity index (χ3v) is 4.44. The number of hydrogen-bond acceptors (Lipinski definition) is 3. The Kier molecular flexibility index (Phi) is 7.03. The molecule has 0 heterocycles. The maximum atomic E-state index is 13.3. The van der Waals surface area contributed by atoms with Crippen molar-refractivity contribution in [3.8, 4) is 5.75 Å². The van der Waals surface area contributed by atoms with Gasteiger partial charge in [0.15, 0.2) is 0 Å². The second-order valence-electron chi connectivity index (χ2n) is 6.46. The van der Waals surface area contributed by atoms with Crippen LogP contribution in [0, 0.1) is 5.82 Å². The smallest absolute Gasteiger partial charge is 0.259 e. The summed E-state index contributed by atoms with van der Waals surface area (Å²) in [4.78, 5) is 25.2. The second-order valence-corrected chi connectivity index (χ2v) is 6.87. The molecule has 3 aromatic rings. The van der Waals surface area contributed by atoms with Gasteiger partial charge in [-0.25, -0.2) is 4.39 Å². The highest BCUT2D eigenvalue weighted by Gasteiger charge is 2.14. The van der Waals surface area contributed by atoms with Crippen LogP contribution in [0.15, 0.2) is 66.7 Å². The van der Waals surface area contributed by atoms with Gasteiger partial charge in [-0.3, -0.25) is 9.59 Å². The van der Waals surface area contributed by atoms with Crippen molar-refractivity contribution in [2.45, 2.75) is 13.3 Å². The van der Waals surface area contributed by atoms with Gasteiger partial charge in [-0.05, 0) is 55.0 Å². The van der Waals surface area contributed by atoms with E-state index in [9.17, 15) is 14.0 Å². The highest BCUT2D eigenvalue weighted by molar-refractivity contribution is 6.31. The van der Waals surface area contributed by atoms with E-state index >= 15 is 0 Å². The molecule has 0 aliphatic heterocycles. The molecule has 7 heteroatoms. The molecule has 2 N–H and O–H groups in total. The van der Waals surface area contributed by atoms with Gasteiger partial charge < -0.3 is 15.4 Å². The van der Waals surface area contributed by atoms with Gasteiger partial charge in [0.2, 0.25) is 0 Å². The largest absolute Gasteiger partial charge is 0.493 e. The van der Waals surface area contributed by atoms with Crippen LogP contribution in [0.1, 0.15) is 34.1 Å². The fourth-order valence-corrected chi connectivity index (χ4v) is 2.89. The zero-order valence-electron chi connectivity index (χ0n) is 16.2. The first-order valence-electron chi connectivity index (χ1n) is 9.37. The molecular formula is C23H20ClFN2O3. The third-order valence-electron chi connectivity index (χ3n) is 4.15. The Balaban J connectivity index is 1.73. The summed E-state index contributed by atoms with van der Waals surface area (Å²) < 4.78 is 18.9. The zero-order valence-corrected chi connectivity index (χ0v) is 17.0. The van der Waals surface area contributed by atoms with E-state index in [0.717, 1.165) is 6.42 Å². The normalized spacial score (nSPS) is 10.4. The van der Waals surface area contributed by atoms with Crippen LogP contribution in [0.5, 0.6) is 5.75 Å². The van der Waals surface area contributed by atoms with Crippen molar-refractivity contribution in [2.24, 2.45) is 0 Å². The first-order chi connectivity index (χ1) is 14.5. The number of carbonyl (C=O) groups excluding carboxylic acids is 2. The van der Waals surface area contributed by atoms with Gasteiger partial charge in [0, 0.05) is 16.9 Å². The zero-order chi connectivity index (χ0) is 21.5. The van der Waals surface area contributed by atoms with Crippen LogP contribution in [-0.4, -0.2) is 18.4 Å². The molecule has 0 spiro atoms. The van der Waals surface area contributed by atoms with E-state index in [0.29, 0.717) is 34.9 Å². The van der Waals surface area contributed by atoms with Crippen LogP contribution in [0.4, 0.5) is 15.8 Å². The van der Waals surface area contributed by atoms with Crippen LogP contribution < -0.4 is 15.4 Å². The molecule has 0 aromatic heterocycles. The minimum Gasteiger partial charge on any atom is -0.493 e. The lowest BCUT2D eigenvalue weighted by Gasteiger charge is -2.12. The van der Waals surface area contributed by atoms with Crippen LogP contribution in [0.25, 0.3) is 0 Å². The average Bonchev–Trinajstić information content (AvgIpc) is 2.75. The Labute approximate surface area is 178 Å². The van der Waals surface area contributed by atoms with Crippen molar-refractivity contribution < 1.29 is 18.7 Å². The average molecular weight is 427 g/mol. The SMILES string of the molecule is CCCOc1ccccc1C(=O)Nc1cccc(C(=O)Nc2ccc(F)c(Cl)c2)c1. The molecule has 0 atom stereocenters. The highest BCUT2D eigenvalue weighted by atomic mass is 35.5. The Bertz CT molecular complexity index is 1070. The fraction of sp³-hybridized carbons (Fsp3) is 0.130. The van der Waals surface area contributed by atoms with Gasteiger partial charge in [0.25, 0.3) is 11.8 Å². The van der Waals surface area contributed by atoms with Crippen molar-refractivity contribution >= 4 is 34.8 Å². The number of amides is 2. The predicted octanol–water partition coefficient (Wildman–Crippen LogP) is 5.77. The molecule has 30 heavy (non-hydrogen) atoms. The number of rotatable bonds is 7. The number of nitrogens with one attached hydrogen (secondary N) is 2. The molecule has 0 fully saturated rings. The van der Waals surface area contributed by atoms with Crippen LogP contribution in [-0.2, 0) is 0 Å². The first kappa shape index (κ1) is 21.3. The van der Waals surface area contributed by atoms with Gasteiger partial charge >= 0.3 is 0 Å². The van der Waals surface area contributed by atoms with Crippen LogP contribution >= 0.6 is 11.6 Å². The van der Waals surface area contributed by atoms with Crippen molar-refractivity contribution in [2.75, 3.05) is 17.2 Å². The van der Waals surface area contributed by atoms with E-state index in [1.54, 1.807) is 48.5 Å². The minimum absolute atomic E-state index is 0.0854. The molecule has 0 saturated heterocycles. The molecule has 5 nitrogen and oxygen atoms in total. The summed E-state index contributed by atoms with van der Waals surface area (Å²) in [7, 11) is 0. The molecule has 3 rings (SSSR count). The van der Waals surface area contributed by atoms with E-state index in [4.69, 9.17) is 16.3 Å².